The maximum Gasteiger partial charge on any atom is 1.00 e. The summed E-state index contributed by atoms with van der Waals surface area (Å²) in [6.45, 7) is 9.09. The molecule has 234 valence electrons. The minimum absolute atomic E-state index is 0. The van der Waals surface area contributed by atoms with Gasteiger partial charge in [0, 0.05) is 44.6 Å². The van der Waals surface area contributed by atoms with Crippen molar-refractivity contribution >= 4 is 54.7 Å². The minimum Gasteiger partial charge on any atom is -0.748 e. The number of unbranched alkanes of at least 4 members (excludes halogenated alkanes) is 2. The summed E-state index contributed by atoms with van der Waals surface area (Å²) >= 11 is 12.8. The molecule has 7 nitrogen and oxygen atoms in total. The maximum absolute atomic E-state index is 11.3. The number of halogens is 2. The molecule has 2 aliphatic rings. The second-order valence-electron chi connectivity index (χ2n) is 12.3. The van der Waals surface area contributed by atoms with E-state index < -0.39 is 26.0 Å². The van der Waals surface area contributed by atoms with Crippen LogP contribution in [0.3, 0.4) is 0 Å². The van der Waals surface area contributed by atoms with Crippen LogP contribution >= 0.6 is 23.2 Å². The number of anilines is 1. The molecule has 0 aromatic heterocycles. The van der Waals surface area contributed by atoms with E-state index in [-0.39, 0.29) is 74.4 Å². The smallest absolute Gasteiger partial charge is 0.748 e. The van der Waals surface area contributed by atoms with Crippen molar-refractivity contribution in [3.63, 3.8) is 0 Å². The summed E-state index contributed by atoms with van der Waals surface area (Å²) in [5.41, 5.74) is 6.79. The summed E-state index contributed by atoms with van der Waals surface area (Å²) in [5.74, 6) is -0.665. The Labute approximate surface area is 314 Å². The molecule has 12 heteroatoms. The standard InChI is InChI=1S/C32H39Cl2NO6S2.K/c1-31(2)26(24(10-5-7-18-42(36,37)38)25-15-13-22(33)20-27(25)31)11-9-12-30-32(3,4)28-21-23(34)14-16-29(28)35(30)17-6-8-19-43(39,40)41;/h9,11-16,20-21H,5-8,10,17-19H2,1-4H3,(H,36,37,38)(H,39,40,41);/q;+1/p-1/b11-9?,30-12+;. The molecule has 4 rings (SSSR count). The molecule has 0 saturated carbocycles. The van der Waals surface area contributed by atoms with Gasteiger partial charge in [-0.25, -0.2) is 8.42 Å². The first-order valence-electron chi connectivity index (χ1n) is 14.3. The first kappa shape index (κ1) is 37.9. The molecule has 44 heavy (non-hydrogen) atoms. The van der Waals surface area contributed by atoms with E-state index in [4.69, 9.17) is 23.2 Å². The van der Waals surface area contributed by atoms with Crippen molar-refractivity contribution in [3.8, 4) is 0 Å². The largest absolute Gasteiger partial charge is 1.00 e. The molecule has 2 aromatic carbocycles. The number of nitrogens with zero attached hydrogens (tertiary/aromatic N) is 1. The molecule has 1 aliphatic heterocycles. The van der Waals surface area contributed by atoms with Gasteiger partial charge in [0.05, 0.1) is 15.9 Å². The van der Waals surface area contributed by atoms with E-state index in [0.717, 1.165) is 39.2 Å². The van der Waals surface area contributed by atoms with E-state index in [9.17, 15) is 25.9 Å². The number of hydrogen-bond donors (Lipinski definition) is 1. The van der Waals surface area contributed by atoms with Gasteiger partial charge in [0.1, 0.15) is 0 Å². The molecule has 1 N–H and O–H groups in total. The molecule has 0 amide bonds. The molecule has 0 atom stereocenters. The van der Waals surface area contributed by atoms with Crippen LogP contribution in [0.25, 0.3) is 5.57 Å². The number of hydrogen-bond acceptors (Lipinski definition) is 6. The summed E-state index contributed by atoms with van der Waals surface area (Å²) in [4.78, 5) is 2.17. The Morgan fingerprint density at radius 3 is 2.11 bits per heavy atom. The molecule has 0 saturated heterocycles. The van der Waals surface area contributed by atoms with Crippen LogP contribution in [0.1, 0.15) is 76.5 Å². The van der Waals surface area contributed by atoms with Gasteiger partial charge in [-0.2, -0.15) is 8.42 Å². The summed E-state index contributed by atoms with van der Waals surface area (Å²) < 4.78 is 65.2. The molecule has 0 spiro atoms. The molecule has 2 aromatic rings. The van der Waals surface area contributed by atoms with Crippen LogP contribution < -0.4 is 56.3 Å². The molecular weight excluding hydrogens is 668 g/mol. The third-order valence-electron chi connectivity index (χ3n) is 8.45. The Hall–Kier alpha value is -0.504. The van der Waals surface area contributed by atoms with E-state index >= 15 is 0 Å². The fraction of sp³-hybridized carbons (Fsp3) is 0.438. The van der Waals surface area contributed by atoms with Crippen LogP contribution in [0, 0.1) is 0 Å². The summed E-state index contributed by atoms with van der Waals surface area (Å²) in [6.07, 6.45) is 8.61. The average Bonchev–Trinajstić information content (AvgIpc) is 3.22. The van der Waals surface area contributed by atoms with Gasteiger partial charge in [-0.1, -0.05) is 69.1 Å². The molecule has 0 radical (unpaired) electrons. The monoisotopic (exact) mass is 705 g/mol. The third kappa shape index (κ3) is 8.89. The molecule has 0 unspecified atom stereocenters. The Balaban J connectivity index is 0.00000529. The predicted octanol–water partition coefficient (Wildman–Crippen LogP) is 4.66. The van der Waals surface area contributed by atoms with Gasteiger partial charge >= 0.3 is 51.4 Å². The molecule has 1 heterocycles. The van der Waals surface area contributed by atoms with Crippen LogP contribution in [-0.2, 0) is 31.1 Å². The molecule has 1 aliphatic carbocycles. The fourth-order valence-corrected chi connectivity index (χ4v) is 7.77. The number of benzene rings is 2. The zero-order chi connectivity index (χ0) is 31.8. The zero-order valence-corrected chi connectivity index (χ0v) is 32.1. The molecule has 0 bridgehead atoms. The summed E-state index contributed by atoms with van der Waals surface area (Å²) in [5, 5.41) is 1.28. The van der Waals surface area contributed by atoms with Crippen molar-refractivity contribution in [3.05, 3.63) is 92.6 Å². The Bertz CT molecular complexity index is 1710. The van der Waals surface area contributed by atoms with Gasteiger partial charge in [-0.05, 0) is 96.3 Å². The quantitative estimate of drug-likeness (QED) is 0.194. The normalized spacial score (nSPS) is 18.2. The third-order valence-corrected chi connectivity index (χ3v) is 10.5. The maximum atomic E-state index is 11.3. The van der Waals surface area contributed by atoms with Crippen LogP contribution in [0.4, 0.5) is 5.69 Å². The van der Waals surface area contributed by atoms with Crippen molar-refractivity contribution in [1.82, 2.24) is 0 Å². The van der Waals surface area contributed by atoms with E-state index in [0.29, 0.717) is 42.3 Å². The van der Waals surface area contributed by atoms with E-state index in [1.54, 1.807) is 0 Å². The predicted molar refractivity (Wildman–Crippen MR) is 175 cm³/mol. The van der Waals surface area contributed by atoms with Crippen molar-refractivity contribution < 1.29 is 77.3 Å². The second kappa shape index (κ2) is 14.7. The van der Waals surface area contributed by atoms with Gasteiger partial charge < -0.3 is 9.45 Å². The van der Waals surface area contributed by atoms with Gasteiger partial charge in [0.25, 0.3) is 10.1 Å². The summed E-state index contributed by atoms with van der Waals surface area (Å²) in [6, 6.07) is 11.6. The minimum atomic E-state index is -4.27. The SMILES string of the molecule is CC1(C)C(C=C/C=C2/N(CCCCS(=O)(=O)[O-])c3ccc(Cl)cc3C2(C)C)=C(CCCCS(=O)(=O)O)c2ccc(Cl)cc21.[K+]. The van der Waals surface area contributed by atoms with Crippen molar-refractivity contribution in [2.45, 2.75) is 70.6 Å². The topological polar surface area (TPSA) is 115 Å². The fourth-order valence-electron chi connectivity index (χ4n) is 6.30. The van der Waals surface area contributed by atoms with Crippen LogP contribution in [-0.4, -0.2) is 44.0 Å². The zero-order valence-electron chi connectivity index (χ0n) is 25.9. The Kier molecular flexibility index (Phi) is 12.7. The Morgan fingerprint density at radius 2 is 1.48 bits per heavy atom. The van der Waals surface area contributed by atoms with E-state index in [1.165, 1.54) is 0 Å². The second-order valence-corrected chi connectivity index (χ2v) is 16.2. The van der Waals surface area contributed by atoms with Crippen molar-refractivity contribution in [2.75, 3.05) is 23.0 Å². The average molecular weight is 707 g/mol. The van der Waals surface area contributed by atoms with Crippen LogP contribution in [0.2, 0.25) is 10.0 Å². The van der Waals surface area contributed by atoms with Gasteiger partial charge in [0.15, 0.2) is 0 Å². The first-order valence-corrected chi connectivity index (χ1v) is 18.3. The number of rotatable bonds is 12. The number of allylic oxidation sites excluding steroid dienone is 6. The van der Waals surface area contributed by atoms with Gasteiger partial charge in [0.2, 0.25) is 0 Å². The van der Waals surface area contributed by atoms with E-state index in [1.807, 2.05) is 42.5 Å². The van der Waals surface area contributed by atoms with E-state index in [2.05, 4.69) is 44.7 Å². The summed E-state index contributed by atoms with van der Waals surface area (Å²) in [7, 11) is -8.29. The molecule has 0 fully saturated rings. The number of fused-ring (bicyclic) bond motifs is 2. The van der Waals surface area contributed by atoms with Crippen LogP contribution in [0.15, 0.2) is 65.9 Å². The van der Waals surface area contributed by atoms with Gasteiger partial charge in [-0.15, -0.1) is 0 Å². The van der Waals surface area contributed by atoms with Crippen molar-refractivity contribution in [1.29, 1.82) is 0 Å². The van der Waals surface area contributed by atoms with Gasteiger partial charge in [-0.3, -0.25) is 4.55 Å². The first-order chi connectivity index (χ1) is 19.9. The van der Waals surface area contributed by atoms with Crippen LogP contribution in [0.5, 0.6) is 0 Å². The van der Waals surface area contributed by atoms with Crippen molar-refractivity contribution in [2.24, 2.45) is 0 Å². The Morgan fingerprint density at radius 1 is 0.864 bits per heavy atom. The molecular formula is C32H38Cl2KNO6S2.